The van der Waals surface area contributed by atoms with Gasteiger partial charge in [-0.2, -0.15) is 8.78 Å². The molecule has 1 aromatic carbocycles. The predicted molar refractivity (Wildman–Crippen MR) is 39.9 cm³/mol. The summed E-state index contributed by atoms with van der Waals surface area (Å²) in [5, 5.41) is 0. The van der Waals surface area contributed by atoms with Crippen LogP contribution in [-0.4, -0.2) is 0 Å². The summed E-state index contributed by atoms with van der Waals surface area (Å²) in [6.07, 6.45) is 0. The molecular formula is C7H4F5P. The van der Waals surface area contributed by atoms with E-state index in [2.05, 4.69) is 0 Å². The molecule has 0 heterocycles. The Balaban J connectivity index is 3.35. The number of rotatable bonds is 1. The van der Waals surface area contributed by atoms with Crippen LogP contribution in [0.5, 0.6) is 0 Å². The van der Waals surface area contributed by atoms with Gasteiger partial charge in [0.05, 0.1) is 5.56 Å². The molecule has 0 saturated heterocycles. The van der Waals surface area contributed by atoms with E-state index in [9.17, 15) is 22.0 Å². The molecule has 0 aliphatic carbocycles. The van der Waals surface area contributed by atoms with Gasteiger partial charge >= 0.3 is 0 Å². The van der Waals surface area contributed by atoms with Gasteiger partial charge in [-0.3, -0.25) is 0 Å². The van der Waals surface area contributed by atoms with Crippen LogP contribution in [0.15, 0.2) is 12.1 Å². The van der Waals surface area contributed by atoms with E-state index in [1.807, 2.05) is 0 Å². The topological polar surface area (TPSA) is 0 Å². The lowest BCUT2D eigenvalue weighted by molar-refractivity contribution is 0.0979. The molecule has 1 aromatic rings. The second-order valence-electron chi connectivity index (χ2n) is 2.35. The first kappa shape index (κ1) is 10.4. The quantitative estimate of drug-likeness (QED) is 0.383. The van der Waals surface area contributed by atoms with E-state index >= 15 is 0 Å². The number of hydrogen-bond acceptors (Lipinski definition) is 0. The van der Waals surface area contributed by atoms with Crippen LogP contribution < -0.4 is 0 Å². The first-order valence-electron chi connectivity index (χ1n) is 3.14. The Morgan fingerprint density at radius 2 is 1.54 bits per heavy atom. The van der Waals surface area contributed by atoms with Gasteiger partial charge in [0.15, 0.2) is 17.5 Å². The maximum absolute atomic E-state index is 12.7. The number of alkyl halides is 2. The third kappa shape index (κ3) is 1.97. The molecule has 0 fully saturated rings. The summed E-state index contributed by atoms with van der Waals surface area (Å²) in [5.74, 6) is -5.24. The maximum atomic E-state index is 12.7. The third-order valence-corrected chi connectivity index (χ3v) is 1.71. The molecule has 0 aliphatic rings. The average molecular weight is 214 g/mol. The van der Waals surface area contributed by atoms with E-state index < -0.39 is 28.7 Å². The van der Waals surface area contributed by atoms with Gasteiger partial charge in [-0.05, 0) is 12.1 Å². The van der Waals surface area contributed by atoms with Crippen LogP contribution in [0.25, 0.3) is 0 Å². The van der Waals surface area contributed by atoms with Crippen LogP contribution >= 0.6 is 9.24 Å². The van der Waals surface area contributed by atoms with Gasteiger partial charge < -0.3 is 0 Å². The van der Waals surface area contributed by atoms with Crippen molar-refractivity contribution in [3.05, 3.63) is 35.1 Å². The first-order valence-corrected chi connectivity index (χ1v) is 3.72. The minimum absolute atomic E-state index is 0.450. The zero-order valence-electron chi connectivity index (χ0n) is 6.12. The van der Waals surface area contributed by atoms with Crippen LogP contribution in [0.1, 0.15) is 5.56 Å². The van der Waals surface area contributed by atoms with Crippen molar-refractivity contribution < 1.29 is 22.0 Å². The van der Waals surface area contributed by atoms with Gasteiger partial charge in [0.25, 0.3) is 5.66 Å². The van der Waals surface area contributed by atoms with Crippen LogP contribution in [-0.2, 0) is 5.66 Å². The summed E-state index contributed by atoms with van der Waals surface area (Å²) in [6.45, 7) is 0. The maximum Gasteiger partial charge on any atom is 0.286 e. The van der Waals surface area contributed by atoms with E-state index in [4.69, 9.17) is 0 Å². The first-order chi connectivity index (χ1) is 5.84. The molecule has 0 radical (unpaired) electrons. The molecule has 0 nitrogen and oxygen atoms in total. The molecule has 1 unspecified atom stereocenters. The van der Waals surface area contributed by atoms with Gasteiger partial charge in [-0.1, -0.05) is 9.24 Å². The van der Waals surface area contributed by atoms with Gasteiger partial charge in [0.1, 0.15) is 0 Å². The Kier molecular flexibility index (Phi) is 2.57. The lowest BCUT2D eigenvalue weighted by Crippen LogP contribution is -2.08. The largest absolute Gasteiger partial charge is 0.286 e. The smallest absolute Gasteiger partial charge is 0.204 e. The summed E-state index contributed by atoms with van der Waals surface area (Å²) < 4.78 is 62.3. The summed E-state index contributed by atoms with van der Waals surface area (Å²) in [5.41, 5.74) is -4.78. The molecule has 0 amide bonds. The Hall–Kier alpha value is -0.700. The molecule has 6 heteroatoms. The summed E-state index contributed by atoms with van der Waals surface area (Å²) in [4.78, 5) is 0. The second-order valence-corrected chi connectivity index (χ2v) is 3.07. The Morgan fingerprint density at radius 1 is 1.00 bits per heavy atom. The molecule has 0 bridgehead atoms. The molecule has 72 valence electrons. The van der Waals surface area contributed by atoms with E-state index in [0.717, 1.165) is 9.24 Å². The SMILES string of the molecule is Fc1ccc(C(F)(F)P)c(F)c1F. The molecule has 0 saturated carbocycles. The highest BCUT2D eigenvalue weighted by molar-refractivity contribution is 7.17. The van der Waals surface area contributed by atoms with Gasteiger partial charge in [-0.15, -0.1) is 0 Å². The van der Waals surface area contributed by atoms with E-state index in [-0.39, 0.29) is 0 Å². The van der Waals surface area contributed by atoms with Crippen LogP contribution in [0.4, 0.5) is 22.0 Å². The normalized spacial score (nSPS) is 11.8. The second kappa shape index (κ2) is 3.22. The van der Waals surface area contributed by atoms with Crippen LogP contribution in [0, 0.1) is 17.5 Å². The molecular weight excluding hydrogens is 210 g/mol. The average Bonchev–Trinajstić information content (AvgIpc) is 1.98. The number of benzene rings is 1. The van der Waals surface area contributed by atoms with Crippen molar-refractivity contribution in [2.24, 2.45) is 0 Å². The minimum atomic E-state index is -3.60. The highest BCUT2D eigenvalue weighted by Gasteiger charge is 2.30. The third-order valence-electron chi connectivity index (χ3n) is 1.39. The monoisotopic (exact) mass is 214 g/mol. The van der Waals surface area contributed by atoms with Crippen molar-refractivity contribution in [1.82, 2.24) is 0 Å². The fraction of sp³-hybridized carbons (Fsp3) is 0.143. The van der Waals surface area contributed by atoms with Crippen molar-refractivity contribution in [2.45, 2.75) is 5.66 Å². The zero-order chi connectivity index (χ0) is 10.2. The van der Waals surface area contributed by atoms with Crippen LogP contribution in [0.2, 0.25) is 0 Å². The predicted octanol–water partition coefficient (Wildman–Crippen LogP) is 3.03. The Labute approximate surface area is 73.0 Å². The van der Waals surface area contributed by atoms with Crippen LogP contribution in [0.3, 0.4) is 0 Å². The number of halogens is 5. The molecule has 0 aliphatic heterocycles. The molecule has 0 N–H and O–H groups in total. The molecule has 1 rings (SSSR count). The fourth-order valence-electron chi connectivity index (χ4n) is 0.783. The van der Waals surface area contributed by atoms with E-state index in [0.29, 0.717) is 12.1 Å². The highest BCUT2D eigenvalue weighted by atomic mass is 31.0. The molecule has 0 aromatic heterocycles. The minimum Gasteiger partial charge on any atom is -0.204 e. The van der Waals surface area contributed by atoms with E-state index in [1.165, 1.54) is 0 Å². The Bertz CT molecular complexity index is 330. The van der Waals surface area contributed by atoms with Crippen molar-refractivity contribution in [3.63, 3.8) is 0 Å². The van der Waals surface area contributed by atoms with Crippen molar-refractivity contribution in [3.8, 4) is 0 Å². The lowest BCUT2D eigenvalue weighted by atomic mass is 10.2. The van der Waals surface area contributed by atoms with Crippen molar-refractivity contribution in [2.75, 3.05) is 0 Å². The zero-order valence-corrected chi connectivity index (χ0v) is 7.28. The van der Waals surface area contributed by atoms with Crippen molar-refractivity contribution >= 4 is 9.24 Å². The standard InChI is InChI=1S/C7H4F5P/c8-4-2-1-3(7(11,12)13)5(9)6(4)10/h1-2H,13H2. The molecule has 13 heavy (non-hydrogen) atoms. The number of hydrogen-bond donors (Lipinski definition) is 0. The summed E-state index contributed by atoms with van der Waals surface area (Å²) in [7, 11) is 1.04. The lowest BCUT2D eigenvalue weighted by Gasteiger charge is -2.11. The fourth-order valence-corrected chi connectivity index (χ4v) is 1.01. The van der Waals surface area contributed by atoms with Gasteiger partial charge in [-0.25, -0.2) is 13.2 Å². The van der Waals surface area contributed by atoms with Crippen molar-refractivity contribution in [1.29, 1.82) is 0 Å². The van der Waals surface area contributed by atoms with Gasteiger partial charge in [0, 0.05) is 0 Å². The Morgan fingerprint density at radius 3 is 2.00 bits per heavy atom. The van der Waals surface area contributed by atoms with E-state index in [1.54, 1.807) is 0 Å². The summed E-state index contributed by atoms with van der Waals surface area (Å²) >= 11 is 0. The highest BCUT2D eigenvalue weighted by Crippen LogP contribution is 2.37. The van der Waals surface area contributed by atoms with Gasteiger partial charge in [0.2, 0.25) is 0 Å². The molecule has 0 spiro atoms. The summed E-state index contributed by atoms with van der Waals surface area (Å²) in [6, 6.07) is 0.951. The molecule has 1 atom stereocenters.